The van der Waals surface area contributed by atoms with Gasteiger partial charge in [-0.1, -0.05) is 55.4 Å². The molecule has 1 aromatic carbocycles. The van der Waals surface area contributed by atoms with Crippen LogP contribution in [0.4, 0.5) is 0 Å². The molecule has 0 saturated heterocycles. The van der Waals surface area contributed by atoms with Gasteiger partial charge in [0.25, 0.3) is 0 Å². The first kappa shape index (κ1) is 27.6. The number of benzene rings is 1. The Morgan fingerprint density at radius 1 is 0.875 bits per heavy atom. The molecule has 0 aromatic heterocycles. The quantitative estimate of drug-likeness (QED) is 0.368. The fourth-order valence-electron chi connectivity index (χ4n) is 3.46. The molecule has 4 nitrogen and oxygen atoms in total. The van der Waals surface area contributed by atoms with E-state index in [2.05, 4.69) is 93.7 Å². The predicted octanol–water partition coefficient (Wildman–Crippen LogP) is 8.22. The second kappa shape index (κ2) is 9.53. The lowest BCUT2D eigenvalue weighted by Gasteiger charge is -2.47. The number of hydrogen-bond acceptors (Lipinski definition) is 4. The number of rotatable bonds is 7. The summed E-state index contributed by atoms with van der Waals surface area (Å²) in [6.07, 6.45) is 0.369. The summed E-state index contributed by atoms with van der Waals surface area (Å²) in [6, 6.07) is 6.26. The third kappa shape index (κ3) is 6.06. The van der Waals surface area contributed by atoms with Crippen molar-refractivity contribution < 1.29 is 18.3 Å². The van der Waals surface area contributed by atoms with E-state index in [1.807, 2.05) is 6.07 Å². The summed E-state index contributed by atoms with van der Waals surface area (Å²) >= 11 is 0. The summed E-state index contributed by atoms with van der Waals surface area (Å²) in [5, 5.41) is 0.216. The molecule has 32 heavy (non-hydrogen) atoms. The van der Waals surface area contributed by atoms with Crippen LogP contribution in [-0.2, 0) is 13.6 Å². The SMILES string of the molecule is COc1ccc2c(c1)[C@H](O[Si](C)(C)C(C)(C)C)[C@H](CC(C)C)O[C@@H]2O[Si](C)(C)C(C)(C)C. The molecule has 0 radical (unpaired) electrons. The van der Waals surface area contributed by atoms with Crippen molar-refractivity contribution in [2.24, 2.45) is 5.92 Å². The van der Waals surface area contributed by atoms with Crippen molar-refractivity contribution in [3.05, 3.63) is 29.3 Å². The maximum atomic E-state index is 7.04. The number of hydrogen-bond donors (Lipinski definition) is 0. The third-order valence-corrected chi connectivity index (χ3v) is 16.5. The van der Waals surface area contributed by atoms with E-state index in [1.165, 1.54) is 0 Å². The van der Waals surface area contributed by atoms with Gasteiger partial charge in [-0.05, 0) is 72.4 Å². The first-order valence-corrected chi connectivity index (χ1v) is 17.9. The smallest absolute Gasteiger partial charge is 0.195 e. The highest BCUT2D eigenvalue weighted by molar-refractivity contribution is 6.74. The van der Waals surface area contributed by atoms with Crippen LogP contribution < -0.4 is 4.74 Å². The van der Waals surface area contributed by atoms with Gasteiger partial charge in [0.2, 0.25) is 0 Å². The molecule has 1 aromatic rings. The van der Waals surface area contributed by atoms with E-state index in [0.717, 1.165) is 23.3 Å². The van der Waals surface area contributed by atoms with E-state index in [9.17, 15) is 0 Å². The summed E-state index contributed by atoms with van der Waals surface area (Å²) < 4.78 is 26.3. The van der Waals surface area contributed by atoms with Gasteiger partial charge in [0.05, 0.1) is 19.3 Å². The van der Waals surface area contributed by atoms with Gasteiger partial charge in [-0.15, -0.1) is 0 Å². The van der Waals surface area contributed by atoms with Crippen LogP contribution in [0.2, 0.25) is 36.3 Å². The highest BCUT2D eigenvalue weighted by Crippen LogP contribution is 2.49. The number of fused-ring (bicyclic) bond motifs is 1. The number of ether oxygens (including phenoxy) is 2. The first-order chi connectivity index (χ1) is 14.4. The van der Waals surface area contributed by atoms with Crippen LogP contribution in [0.1, 0.15) is 85.3 Å². The van der Waals surface area contributed by atoms with Crippen molar-refractivity contribution in [3.8, 4) is 5.75 Å². The van der Waals surface area contributed by atoms with Crippen molar-refractivity contribution in [2.75, 3.05) is 7.11 Å². The summed E-state index contributed by atoms with van der Waals surface area (Å²) in [5.41, 5.74) is 2.24. The van der Waals surface area contributed by atoms with Crippen molar-refractivity contribution >= 4 is 16.6 Å². The molecule has 0 fully saturated rings. The molecule has 0 amide bonds. The van der Waals surface area contributed by atoms with E-state index in [1.54, 1.807) is 7.11 Å². The van der Waals surface area contributed by atoms with Crippen LogP contribution in [-0.4, -0.2) is 29.8 Å². The Labute approximate surface area is 199 Å². The standard InChI is InChI=1S/C26H48O4Si2/c1-18(2)16-22-23(29-31(10,11)25(3,4)5)21-17-19(27-9)14-15-20(21)24(28-22)30-32(12,13)26(6,7)8/h14-15,17-18,22-24H,16H2,1-13H3/t22-,23-,24+/m0/s1. The topological polar surface area (TPSA) is 36.9 Å². The molecule has 1 heterocycles. The second-order valence-electron chi connectivity index (χ2n) is 12.8. The molecule has 0 N–H and O–H groups in total. The monoisotopic (exact) mass is 480 g/mol. The molecule has 1 aliphatic heterocycles. The van der Waals surface area contributed by atoms with Gasteiger partial charge >= 0.3 is 0 Å². The Bertz CT molecular complexity index is 775. The largest absolute Gasteiger partial charge is 0.497 e. The maximum Gasteiger partial charge on any atom is 0.195 e. The molecule has 2 rings (SSSR count). The van der Waals surface area contributed by atoms with Gasteiger partial charge < -0.3 is 18.3 Å². The van der Waals surface area contributed by atoms with Crippen molar-refractivity contribution in [1.29, 1.82) is 0 Å². The predicted molar refractivity (Wildman–Crippen MR) is 139 cm³/mol. The van der Waals surface area contributed by atoms with E-state index in [0.29, 0.717) is 5.92 Å². The lowest BCUT2D eigenvalue weighted by Crippen LogP contribution is -2.48. The highest BCUT2D eigenvalue weighted by Gasteiger charge is 2.47. The molecule has 0 spiro atoms. The van der Waals surface area contributed by atoms with Gasteiger partial charge in [-0.3, -0.25) is 0 Å². The van der Waals surface area contributed by atoms with Crippen molar-refractivity contribution in [1.82, 2.24) is 0 Å². The molecule has 3 atom stereocenters. The van der Waals surface area contributed by atoms with Crippen molar-refractivity contribution in [3.63, 3.8) is 0 Å². The van der Waals surface area contributed by atoms with E-state index in [-0.39, 0.29) is 28.6 Å². The zero-order valence-electron chi connectivity index (χ0n) is 22.9. The fraction of sp³-hybridized carbons (Fsp3) is 0.769. The Balaban J connectivity index is 2.59. The van der Waals surface area contributed by atoms with Gasteiger partial charge in [-0.2, -0.15) is 0 Å². The average Bonchev–Trinajstić information content (AvgIpc) is 2.61. The Morgan fingerprint density at radius 2 is 1.41 bits per heavy atom. The van der Waals surface area contributed by atoms with Crippen LogP contribution in [0.5, 0.6) is 5.75 Å². The zero-order chi connectivity index (χ0) is 24.7. The average molecular weight is 481 g/mol. The third-order valence-electron chi connectivity index (χ3n) is 7.63. The van der Waals surface area contributed by atoms with Crippen LogP contribution in [0.25, 0.3) is 0 Å². The van der Waals surface area contributed by atoms with Gasteiger partial charge in [0.1, 0.15) is 5.75 Å². The van der Waals surface area contributed by atoms with Gasteiger partial charge in [0.15, 0.2) is 22.9 Å². The van der Waals surface area contributed by atoms with Crippen LogP contribution in [0.3, 0.4) is 0 Å². The van der Waals surface area contributed by atoms with E-state index >= 15 is 0 Å². The van der Waals surface area contributed by atoms with Crippen LogP contribution in [0, 0.1) is 5.92 Å². The summed E-state index contributed by atoms with van der Waals surface area (Å²) in [5.74, 6) is 1.34. The Hall–Kier alpha value is -0.666. The minimum Gasteiger partial charge on any atom is -0.497 e. The van der Waals surface area contributed by atoms with Gasteiger partial charge in [-0.25, -0.2) is 0 Å². The highest BCUT2D eigenvalue weighted by atomic mass is 28.4. The van der Waals surface area contributed by atoms with Gasteiger partial charge in [0, 0.05) is 5.56 Å². The molecule has 0 bridgehead atoms. The Morgan fingerprint density at radius 3 is 1.88 bits per heavy atom. The second-order valence-corrected chi connectivity index (χ2v) is 22.3. The Kier molecular flexibility index (Phi) is 8.21. The minimum atomic E-state index is -2.04. The lowest BCUT2D eigenvalue weighted by molar-refractivity contribution is -0.178. The maximum absolute atomic E-state index is 7.04. The summed E-state index contributed by atoms with van der Waals surface area (Å²) in [4.78, 5) is 0. The molecule has 0 unspecified atom stereocenters. The molecule has 0 aliphatic carbocycles. The molecule has 184 valence electrons. The molecule has 6 heteroatoms. The molecule has 0 saturated carbocycles. The van der Waals surface area contributed by atoms with E-state index < -0.39 is 16.6 Å². The van der Waals surface area contributed by atoms with Crippen LogP contribution >= 0.6 is 0 Å². The molecule has 1 aliphatic rings. The van der Waals surface area contributed by atoms with Crippen LogP contribution in [0.15, 0.2) is 18.2 Å². The zero-order valence-corrected chi connectivity index (χ0v) is 24.9. The first-order valence-electron chi connectivity index (χ1n) is 12.1. The minimum absolute atomic E-state index is 0.0569. The molecular formula is C26H48O4Si2. The van der Waals surface area contributed by atoms with Crippen molar-refractivity contribution in [2.45, 2.75) is 117 Å². The lowest BCUT2D eigenvalue weighted by atomic mass is 9.91. The number of methoxy groups -OCH3 is 1. The summed E-state index contributed by atoms with van der Waals surface area (Å²) in [6.45, 7) is 27.4. The fourth-order valence-corrected chi connectivity index (χ4v) is 5.80. The molecular weight excluding hydrogens is 432 g/mol. The summed E-state index contributed by atoms with van der Waals surface area (Å²) in [7, 11) is -2.35. The normalized spacial score (nSPS) is 22.8. The van der Waals surface area contributed by atoms with E-state index in [4.69, 9.17) is 18.3 Å².